The van der Waals surface area contributed by atoms with Gasteiger partial charge in [0.2, 0.25) is 0 Å². The fourth-order valence-electron chi connectivity index (χ4n) is 1.97. The number of pyridine rings is 1. The van der Waals surface area contributed by atoms with Crippen LogP contribution in [0.5, 0.6) is 0 Å². The fourth-order valence-corrected chi connectivity index (χ4v) is 2.15. The first-order chi connectivity index (χ1) is 8.83. The molecule has 0 amide bonds. The third kappa shape index (κ3) is 1.67. The van der Waals surface area contributed by atoms with Gasteiger partial charge in [-0.05, 0) is 13.0 Å². The Labute approximate surface area is 109 Å². The quantitative estimate of drug-likeness (QED) is 0.680. The lowest BCUT2D eigenvalue weighted by molar-refractivity contribution is 0.652. The van der Waals surface area contributed by atoms with Crippen molar-refractivity contribution < 1.29 is 0 Å². The molecule has 18 heavy (non-hydrogen) atoms. The number of aryl methyl sites for hydroxylation is 1. The van der Waals surface area contributed by atoms with Gasteiger partial charge in [0.15, 0.2) is 5.82 Å². The second-order valence-corrected chi connectivity index (χ2v) is 4.16. The van der Waals surface area contributed by atoms with Crippen molar-refractivity contribution in [3.63, 3.8) is 0 Å². The first-order valence-corrected chi connectivity index (χ1v) is 6.28. The fraction of sp³-hybridized carbons (Fsp3) is 0.250. The standard InChI is InChI=1S/C12H12ClN5/c1-2-17-6-4-11(16-17)18-10-3-5-14-8-9(10)15-12(18)7-13/h3-6,8H,2,7H2,1H3. The monoisotopic (exact) mass is 261 g/mol. The van der Waals surface area contributed by atoms with Gasteiger partial charge in [-0.3, -0.25) is 14.2 Å². The van der Waals surface area contributed by atoms with Gasteiger partial charge in [-0.1, -0.05) is 0 Å². The highest BCUT2D eigenvalue weighted by Gasteiger charge is 2.13. The summed E-state index contributed by atoms with van der Waals surface area (Å²) in [6, 6.07) is 3.88. The molecule has 5 nitrogen and oxygen atoms in total. The molecule has 0 saturated carbocycles. The van der Waals surface area contributed by atoms with E-state index in [4.69, 9.17) is 11.6 Å². The van der Waals surface area contributed by atoms with E-state index in [0.29, 0.717) is 5.88 Å². The van der Waals surface area contributed by atoms with Gasteiger partial charge in [-0.25, -0.2) is 4.98 Å². The van der Waals surface area contributed by atoms with Crippen molar-refractivity contribution in [3.05, 3.63) is 36.5 Å². The molecule has 0 saturated heterocycles. The number of hydrogen-bond donors (Lipinski definition) is 0. The van der Waals surface area contributed by atoms with Gasteiger partial charge in [0.25, 0.3) is 0 Å². The van der Waals surface area contributed by atoms with Gasteiger partial charge < -0.3 is 0 Å². The van der Waals surface area contributed by atoms with Crippen molar-refractivity contribution in [2.45, 2.75) is 19.3 Å². The first-order valence-electron chi connectivity index (χ1n) is 5.74. The second kappa shape index (κ2) is 4.42. The largest absolute Gasteiger partial charge is 0.278 e. The molecule has 0 unspecified atom stereocenters. The molecule has 0 bridgehead atoms. The summed E-state index contributed by atoms with van der Waals surface area (Å²) in [5.41, 5.74) is 1.81. The zero-order valence-electron chi connectivity index (χ0n) is 9.91. The van der Waals surface area contributed by atoms with Gasteiger partial charge in [-0.2, -0.15) is 5.10 Å². The summed E-state index contributed by atoms with van der Waals surface area (Å²) in [7, 11) is 0. The van der Waals surface area contributed by atoms with E-state index in [1.165, 1.54) is 0 Å². The van der Waals surface area contributed by atoms with Crippen LogP contribution in [-0.2, 0) is 12.4 Å². The predicted molar refractivity (Wildman–Crippen MR) is 69.9 cm³/mol. The van der Waals surface area contributed by atoms with Gasteiger partial charge in [0, 0.05) is 25.0 Å². The van der Waals surface area contributed by atoms with E-state index >= 15 is 0 Å². The average Bonchev–Trinajstić information content (AvgIpc) is 3.01. The number of nitrogens with zero attached hydrogens (tertiary/aromatic N) is 5. The number of rotatable bonds is 3. The van der Waals surface area contributed by atoms with E-state index in [2.05, 4.69) is 22.0 Å². The molecule has 0 aliphatic rings. The summed E-state index contributed by atoms with van der Waals surface area (Å²) in [6.45, 7) is 2.89. The van der Waals surface area contributed by atoms with Crippen molar-refractivity contribution in [2.75, 3.05) is 0 Å². The first kappa shape index (κ1) is 11.2. The van der Waals surface area contributed by atoms with Crippen molar-refractivity contribution in [1.82, 2.24) is 24.3 Å². The average molecular weight is 262 g/mol. The van der Waals surface area contributed by atoms with Crippen LogP contribution >= 0.6 is 11.6 Å². The van der Waals surface area contributed by atoms with Crippen molar-refractivity contribution in [2.24, 2.45) is 0 Å². The highest BCUT2D eigenvalue weighted by molar-refractivity contribution is 6.16. The maximum absolute atomic E-state index is 5.96. The topological polar surface area (TPSA) is 48.5 Å². The molecule has 0 spiro atoms. The Morgan fingerprint density at radius 2 is 2.22 bits per heavy atom. The Morgan fingerprint density at radius 1 is 1.33 bits per heavy atom. The van der Waals surface area contributed by atoms with Gasteiger partial charge in [0.1, 0.15) is 11.3 Å². The summed E-state index contributed by atoms with van der Waals surface area (Å²) < 4.78 is 3.84. The molecule has 0 radical (unpaired) electrons. The molecule has 0 aliphatic carbocycles. The van der Waals surface area contributed by atoms with Crippen LogP contribution in [-0.4, -0.2) is 24.3 Å². The number of alkyl halides is 1. The van der Waals surface area contributed by atoms with Crippen LogP contribution in [0.2, 0.25) is 0 Å². The van der Waals surface area contributed by atoms with Crippen LogP contribution in [0.25, 0.3) is 16.9 Å². The molecule has 3 rings (SSSR count). The van der Waals surface area contributed by atoms with E-state index in [1.807, 2.05) is 27.6 Å². The molecular formula is C12H12ClN5. The maximum atomic E-state index is 5.96. The minimum Gasteiger partial charge on any atom is -0.278 e. The molecular weight excluding hydrogens is 250 g/mol. The lowest BCUT2D eigenvalue weighted by Crippen LogP contribution is -2.02. The van der Waals surface area contributed by atoms with E-state index in [0.717, 1.165) is 29.2 Å². The molecule has 3 heterocycles. The summed E-state index contributed by atoms with van der Waals surface area (Å²) >= 11 is 5.96. The zero-order chi connectivity index (χ0) is 12.5. The number of imidazole rings is 1. The van der Waals surface area contributed by atoms with Crippen LogP contribution in [0.4, 0.5) is 0 Å². The minimum absolute atomic E-state index is 0.341. The Hall–Kier alpha value is -1.88. The third-order valence-corrected chi connectivity index (χ3v) is 3.06. The minimum atomic E-state index is 0.341. The van der Waals surface area contributed by atoms with Gasteiger partial charge >= 0.3 is 0 Å². The predicted octanol–water partition coefficient (Wildman–Crippen LogP) is 2.38. The Kier molecular flexibility index (Phi) is 2.76. The Balaban J connectivity index is 2.25. The molecule has 6 heteroatoms. The lowest BCUT2D eigenvalue weighted by atomic mass is 10.4. The number of fused-ring (bicyclic) bond motifs is 1. The summed E-state index contributed by atoms with van der Waals surface area (Å²) in [5, 5.41) is 4.49. The van der Waals surface area contributed by atoms with Gasteiger partial charge in [0.05, 0.1) is 17.6 Å². The molecule has 0 aromatic carbocycles. The molecule has 0 aliphatic heterocycles. The van der Waals surface area contributed by atoms with Crippen LogP contribution in [0.1, 0.15) is 12.7 Å². The van der Waals surface area contributed by atoms with E-state index in [1.54, 1.807) is 12.4 Å². The van der Waals surface area contributed by atoms with Crippen LogP contribution < -0.4 is 0 Å². The molecule has 92 valence electrons. The molecule has 0 fully saturated rings. The SMILES string of the molecule is CCn1ccc(-n2c(CCl)nc3cnccc32)n1. The van der Waals surface area contributed by atoms with Crippen molar-refractivity contribution in [3.8, 4) is 5.82 Å². The number of hydrogen-bond acceptors (Lipinski definition) is 3. The Bertz CT molecular complexity index is 685. The van der Waals surface area contributed by atoms with Crippen LogP contribution in [0.15, 0.2) is 30.7 Å². The summed E-state index contributed by atoms with van der Waals surface area (Å²) in [5.74, 6) is 1.95. The molecule has 0 atom stereocenters. The smallest absolute Gasteiger partial charge is 0.160 e. The highest BCUT2D eigenvalue weighted by Crippen LogP contribution is 2.20. The zero-order valence-corrected chi connectivity index (χ0v) is 10.7. The summed E-state index contributed by atoms with van der Waals surface area (Å²) in [4.78, 5) is 8.53. The van der Waals surface area contributed by atoms with Crippen LogP contribution in [0, 0.1) is 0 Å². The second-order valence-electron chi connectivity index (χ2n) is 3.89. The molecule has 0 N–H and O–H groups in total. The molecule has 3 aromatic heterocycles. The van der Waals surface area contributed by atoms with Crippen molar-refractivity contribution in [1.29, 1.82) is 0 Å². The van der Waals surface area contributed by atoms with E-state index in [9.17, 15) is 0 Å². The maximum Gasteiger partial charge on any atom is 0.160 e. The van der Waals surface area contributed by atoms with Crippen molar-refractivity contribution >= 4 is 22.6 Å². The summed E-state index contributed by atoms with van der Waals surface area (Å²) in [6.07, 6.45) is 5.43. The lowest BCUT2D eigenvalue weighted by Gasteiger charge is -2.03. The Morgan fingerprint density at radius 3 is 2.94 bits per heavy atom. The van der Waals surface area contributed by atoms with Crippen LogP contribution in [0.3, 0.4) is 0 Å². The third-order valence-electron chi connectivity index (χ3n) is 2.83. The molecule has 3 aromatic rings. The van der Waals surface area contributed by atoms with E-state index in [-0.39, 0.29) is 0 Å². The number of aromatic nitrogens is 5. The van der Waals surface area contributed by atoms with E-state index < -0.39 is 0 Å². The highest BCUT2D eigenvalue weighted by atomic mass is 35.5. The number of halogens is 1. The van der Waals surface area contributed by atoms with Gasteiger partial charge in [-0.15, -0.1) is 11.6 Å². The normalized spacial score (nSPS) is 11.2.